The maximum atomic E-state index is 11.7. The molecule has 1 aliphatic rings. The fourth-order valence-corrected chi connectivity index (χ4v) is 2.35. The number of nitrogens with one attached hydrogen (secondary N) is 1. The third kappa shape index (κ3) is 4.62. The molecule has 2 heterocycles. The van der Waals surface area contributed by atoms with E-state index in [1.807, 2.05) is 0 Å². The zero-order chi connectivity index (χ0) is 15.8. The van der Waals surface area contributed by atoms with Gasteiger partial charge in [-0.3, -0.25) is 18.9 Å². The maximum absolute atomic E-state index is 11.7. The molecular formula is C10H18AlN2O8P. The molecule has 1 aromatic rings. The highest BCUT2D eigenvalue weighted by atomic mass is 31.2. The standard InChI is InChI=1S/C10H15N2O8P.Al.3H/c1-5-3-12(10(15)11-9(5)14)8-2-6(13)7(20-8)4-19-21(16,17)18;;;;/h3,6-8,13H,2,4H2,1H3,(H,11,14,15)(H2,16,17,18);;;;/t6-,7+,8+;;;;/m0..../s1. The SMILES string of the molecule is Cc1cn([C@H]2C[C@H](O)[C@@H](COP(=O)(O)O)O2)c(=O)[nH]c1=O.[AlH3]. The zero-order valence-corrected chi connectivity index (χ0v) is 11.9. The molecule has 12 heteroatoms. The van der Waals surface area contributed by atoms with Gasteiger partial charge in [-0.1, -0.05) is 0 Å². The smallest absolute Gasteiger partial charge is 0.390 e. The van der Waals surface area contributed by atoms with Crippen LogP contribution in [0.5, 0.6) is 0 Å². The number of phosphoric acid groups is 1. The van der Waals surface area contributed by atoms with Crippen molar-refractivity contribution in [2.45, 2.75) is 31.8 Å². The lowest BCUT2D eigenvalue weighted by Crippen LogP contribution is -2.33. The van der Waals surface area contributed by atoms with E-state index in [0.717, 1.165) is 4.57 Å². The van der Waals surface area contributed by atoms with Crippen molar-refractivity contribution in [3.63, 3.8) is 0 Å². The molecule has 10 nitrogen and oxygen atoms in total. The van der Waals surface area contributed by atoms with Gasteiger partial charge in [0.15, 0.2) is 17.4 Å². The minimum Gasteiger partial charge on any atom is -0.390 e. The van der Waals surface area contributed by atoms with Gasteiger partial charge in [0.05, 0.1) is 12.7 Å². The molecule has 1 aromatic heterocycles. The fraction of sp³-hybridized carbons (Fsp3) is 0.600. The van der Waals surface area contributed by atoms with Crippen molar-refractivity contribution < 1.29 is 28.7 Å². The second kappa shape index (κ2) is 7.21. The molecule has 0 spiro atoms. The fourth-order valence-electron chi connectivity index (χ4n) is 2.01. The van der Waals surface area contributed by atoms with Crippen LogP contribution in [-0.4, -0.2) is 60.6 Å². The minimum atomic E-state index is -4.67. The topological polar surface area (TPSA) is 151 Å². The average Bonchev–Trinajstić information content (AvgIpc) is 2.72. The lowest BCUT2D eigenvalue weighted by atomic mass is 10.2. The number of phosphoric ester groups is 1. The Bertz CT molecular complexity index is 682. The van der Waals surface area contributed by atoms with Gasteiger partial charge in [0.25, 0.3) is 5.56 Å². The Balaban J connectivity index is 0.00000242. The molecule has 1 aliphatic heterocycles. The summed E-state index contributed by atoms with van der Waals surface area (Å²) in [7, 11) is -4.67. The Morgan fingerprint density at radius 2 is 2.14 bits per heavy atom. The van der Waals surface area contributed by atoms with Crippen molar-refractivity contribution in [3.05, 3.63) is 32.6 Å². The Hall–Kier alpha value is -0.758. The predicted molar refractivity (Wildman–Crippen MR) is 78.5 cm³/mol. The Morgan fingerprint density at radius 1 is 1.50 bits per heavy atom. The van der Waals surface area contributed by atoms with Gasteiger partial charge in [0.2, 0.25) is 0 Å². The monoisotopic (exact) mass is 352 g/mol. The number of rotatable bonds is 4. The summed E-state index contributed by atoms with van der Waals surface area (Å²) in [5, 5.41) is 9.79. The first kappa shape index (κ1) is 19.3. The number of aliphatic hydroxyl groups excluding tert-OH is 1. The van der Waals surface area contributed by atoms with Crippen LogP contribution in [0, 0.1) is 6.92 Å². The molecule has 0 radical (unpaired) electrons. The molecule has 0 aliphatic carbocycles. The molecule has 1 fully saturated rings. The van der Waals surface area contributed by atoms with Crippen molar-refractivity contribution in [2.24, 2.45) is 0 Å². The number of aromatic nitrogens is 2. The number of hydrogen-bond acceptors (Lipinski definition) is 6. The lowest BCUT2D eigenvalue weighted by molar-refractivity contribution is -0.0451. The number of H-pyrrole nitrogens is 1. The molecule has 1 saturated heterocycles. The first-order valence-electron chi connectivity index (χ1n) is 6.03. The summed E-state index contributed by atoms with van der Waals surface area (Å²) in [5.41, 5.74) is -0.918. The van der Waals surface area contributed by atoms with Gasteiger partial charge in [-0.2, -0.15) is 0 Å². The summed E-state index contributed by atoms with van der Waals surface area (Å²) in [6, 6.07) is 0. The Kier molecular flexibility index (Phi) is 6.32. The van der Waals surface area contributed by atoms with Gasteiger partial charge in [-0.25, -0.2) is 9.36 Å². The molecule has 0 aromatic carbocycles. The van der Waals surface area contributed by atoms with Crippen molar-refractivity contribution in [3.8, 4) is 0 Å². The van der Waals surface area contributed by atoms with Crippen LogP contribution < -0.4 is 11.2 Å². The van der Waals surface area contributed by atoms with Gasteiger partial charge >= 0.3 is 13.5 Å². The molecule has 0 amide bonds. The van der Waals surface area contributed by atoms with E-state index in [1.54, 1.807) is 0 Å². The molecule has 0 unspecified atom stereocenters. The van der Waals surface area contributed by atoms with Gasteiger partial charge in [0.1, 0.15) is 12.3 Å². The Morgan fingerprint density at radius 3 is 2.73 bits per heavy atom. The molecule has 0 saturated carbocycles. The van der Waals surface area contributed by atoms with Crippen LogP contribution >= 0.6 is 7.82 Å². The van der Waals surface area contributed by atoms with Crippen LogP contribution in [-0.2, 0) is 13.8 Å². The number of nitrogens with zero attached hydrogens (tertiary/aromatic N) is 1. The van der Waals surface area contributed by atoms with E-state index in [-0.39, 0.29) is 23.8 Å². The van der Waals surface area contributed by atoms with Crippen molar-refractivity contribution in [2.75, 3.05) is 6.61 Å². The molecule has 2 rings (SSSR count). The number of aliphatic hydroxyl groups is 1. The van der Waals surface area contributed by atoms with E-state index in [2.05, 4.69) is 9.51 Å². The van der Waals surface area contributed by atoms with E-state index in [0.29, 0.717) is 5.56 Å². The molecule has 3 atom stereocenters. The summed E-state index contributed by atoms with van der Waals surface area (Å²) in [6.45, 7) is 0.994. The summed E-state index contributed by atoms with van der Waals surface area (Å²) in [5.74, 6) is 0. The highest BCUT2D eigenvalue weighted by Gasteiger charge is 2.37. The first-order valence-corrected chi connectivity index (χ1v) is 7.56. The molecule has 124 valence electrons. The van der Waals surface area contributed by atoms with Gasteiger partial charge < -0.3 is 19.6 Å². The highest BCUT2D eigenvalue weighted by Crippen LogP contribution is 2.38. The van der Waals surface area contributed by atoms with E-state index in [4.69, 9.17) is 14.5 Å². The number of ether oxygens (including phenoxy) is 1. The molecular weight excluding hydrogens is 334 g/mol. The number of aromatic amines is 1. The summed E-state index contributed by atoms with van der Waals surface area (Å²) < 4.78 is 21.4. The van der Waals surface area contributed by atoms with Crippen LogP contribution in [0.2, 0.25) is 0 Å². The van der Waals surface area contributed by atoms with Crippen molar-refractivity contribution in [1.82, 2.24) is 9.55 Å². The maximum Gasteiger partial charge on any atom is 0.469 e. The van der Waals surface area contributed by atoms with Gasteiger partial charge in [-0.15, -0.1) is 0 Å². The molecule has 0 bridgehead atoms. The molecule has 22 heavy (non-hydrogen) atoms. The summed E-state index contributed by atoms with van der Waals surface area (Å²) in [4.78, 5) is 42.3. The van der Waals surface area contributed by atoms with Gasteiger partial charge in [0, 0.05) is 18.2 Å². The number of hydrogen-bond donors (Lipinski definition) is 4. The molecule has 4 N–H and O–H groups in total. The van der Waals surface area contributed by atoms with E-state index in [9.17, 15) is 19.3 Å². The summed E-state index contributed by atoms with van der Waals surface area (Å²) >= 11 is 0. The van der Waals surface area contributed by atoms with Gasteiger partial charge in [-0.05, 0) is 6.92 Å². The van der Waals surface area contributed by atoms with Crippen LogP contribution in [0.15, 0.2) is 15.8 Å². The number of aryl methyl sites for hydroxylation is 1. The third-order valence-electron chi connectivity index (χ3n) is 3.07. The highest BCUT2D eigenvalue weighted by molar-refractivity contribution is 7.46. The second-order valence-corrected chi connectivity index (χ2v) is 5.94. The van der Waals surface area contributed by atoms with Crippen LogP contribution in [0.1, 0.15) is 18.2 Å². The second-order valence-electron chi connectivity index (χ2n) is 4.70. The van der Waals surface area contributed by atoms with Crippen LogP contribution in [0.25, 0.3) is 0 Å². The normalized spacial score (nSPS) is 25.0. The zero-order valence-electron chi connectivity index (χ0n) is 11.0. The van der Waals surface area contributed by atoms with E-state index >= 15 is 0 Å². The quantitative estimate of drug-likeness (QED) is 0.341. The van der Waals surface area contributed by atoms with Crippen molar-refractivity contribution in [1.29, 1.82) is 0 Å². The Labute approximate surface area is 135 Å². The third-order valence-corrected chi connectivity index (χ3v) is 3.55. The first-order chi connectivity index (χ1) is 9.67. The van der Waals surface area contributed by atoms with Crippen LogP contribution in [0.3, 0.4) is 0 Å². The van der Waals surface area contributed by atoms with Crippen molar-refractivity contribution >= 4 is 25.2 Å². The minimum absolute atomic E-state index is 0. The summed E-state index contributed by atoms with van der Waals surface area (Å²) in [6.07, 6.45) is -1.57. The predicted octanol–water partition coefficient (Wildman–Crippen LogP) is -2.58. The largest absolute Gasteiger partial charge is 0.469 e. The lowest BCUT2D eigenvalue weighted by Gasteiger charge is -2.16. The van der Waals surface area contributed by atoms with E-state index in [1.165, 1.54) is 13.1 Å². The van der Waals surface area contributed by atoms with Crippen LogP contribution in [0.4, 0.5) is 0 Å². The van der Waals surface area contributed by atoms with E-state index < -0.39 is 44.1 Å². The average molecular weight is 352 g/mol.